The number of nitrogens with one attached hydrogen (secondary N) is 1. The molecular formula is C14H11BrF4N2. The van der Waals surface area contributed by atoms with Gasteiger partial charge in [-0.25, -0.2) is 17.6 Å². The van der Waals surface area contributed by atoms with E-state index in [1.165, 1.54) is 12.1 Å². The Morgan fingerprint density at radius 2 is 1.76 bits per heavy atom. The van der Waals surface area contributed by atoms with Crippen LogP contribution in [-0.4, -0.2) is 0 Å². The van der Waals surface area contributed by atoms with Crippen molar-refractivity contribution >= 4 is 15.9 Å². The summed E-state index contributed by atoms with van der Waals surface area (Å²) in [6.07, 6.45) is 0.0479. The highest BCUT2D eigenvalue weighted by Gasteiger charge is 2.20. The number of hydrogen-bond acceptors (Lipinski definition) is 2. The van der Waals surface area contributed by atoms with Gasteiger partial charge in [0.05, 0.1) is 10.5 Å². The summed E-state index contributed by atoms with van der Waals surface area (Å²) in [7, 11) is 0. The molecule has 0 aliphatic rings. The molecule has 0 saturated heterocycles. The molecule has 0 aliphatic heterocycles. The lowest BCUT2D eigenvalue weighted by molar-refractivity contribution is 0.487. The molecule has 0 saturated carbocycles. The van der Waals surface area contributed by atoms with Crippen molar-refractivity contribution < 1.29 is 17.6 Å². The van der Waals surface area contributed by atoms with Crippen LogP contribution in [0, 0.1) is 23.3 Å². The smallest absolute Gasteiger partial charge is 0.173 e. The van der Waals surface area contributed by atoms with Crippen LogP contribution < -0.4 is 11.3 Å². The van der Waals surface area contributed by atoms with Gasteiger partial charge in [0.25, 0.3) is 0 Å². The summed E-state index contributed by atoms with van der Waals surface area (Å²) in [4.78, 5) is 0. The highest BCUT2D eigenvalue weighted by molar-refractivity contribution is 9.10. The Bertz CT molecular complexity index is 664. The maximum Gasteiger partial charge on any atom is 0.173 e. The van der Waals surface area contributed by atoms with Crippen molar-refractivity contribution in [2.24, 2.45) is 5.84 Å². The number of hydrogen-bond donors (Lipinski definition) is 2. The minimum absolute atomic E-state index is 0.0479. The van der Waals surface area contributed by atoms with E-state index in [0.717, 1.165) is 18.2 Å². The Morgan fingerprint density at radius 1 is 1.05 bits per heavy atom. The second-order valence-electron chi connectivity index (χ2n) is 4.42. The van der Waals surface area contributed by atoms with Crippen molar-refractivity contribution in [2.45, 2.75) is 12.5 Å². The summed E-state index contributed by atoms with van der Waals surface area (Å²) in [5, 5.41) is 0. The van der Waals surface area contributed by atoms with Crippen molar-refractivity contribution in [2.75, 3.05) is 0 Å². The molecular weight excluding hydrogens is 352 g/mol. The third-order valence-corrected chi connectivity index (χ3v) is 3.89. The first-order valence-corrected chi connectivity index (χ1v) is 6.76. The second kappa shape index (κ2) is 6.55. The average Bonchev–Trinajstić information content (AvgIpc) is 2.45. The lowest BCUT2D eigenvalue weighted by Gasteiger charge is -2.18. The first-order valence-electron chi connectivity index (χ1n) is 5.97. The molecule has 0 aromatic heterocycles. The number of halogens is 5. The molecule has 2 aromatic carbocycles. The van der Waals surface area contributed by atoms with E-state index in [-0.39, 0.29) is 16.5 Å². The number of benzene rings is 2. The second-order valence-corrected chi connectivity index (χ2v) is 5.22. The first kappa shape index (κ1) is 15.9. The van der Waals surface area contributed by atoms with Crippen molar-refractivity contribution in [3.8, 4) is 0 Å². The zero-order valence-electron chi connectivity index (χ0n) is 10.6. The van der Waals surface area contributed by atoms with Crippen LogP contribution in [0.2, 0.25) is 0 Å². The van der Waals surface area contributed by atoms with E-state index in [1.807, 2.05) is 0 Å². The van der Waals surface area contributed by atoms with Gasteiger partial charge in [-0.05, 0) is 45.6 Å². The molecule has 2 nitrogen and oxygen atoms in total. The molecule has 0 spiro atoms. The standard InChI is InChI=1S/C14H11BrF4N2/c15-13-9(3-4-10(17)14(13)19)12(21-20)5-7-1-2-8(16)6-11(7)18/h1-4,6,12,21H,5,20H2. The molecule has 0 aliphatic carbocycles. The fourth-order valence-corrected chi connectivity index (χ4v) is 2.57. The van der Waals surface area contributed by atoms with Gasteiger partial charge in [0, 0.05) is 6.07 Å². The number of nitrogens with two attached hydrogens (primary N) is 1. The fraction of sp³-hybridized carbons (Fsp3) is 0.143. The van der Waals surface area contributed by atoms with Crippen LogP contribution in [0.5, 0.6) is 0 Å². The van der Waals surface area contributed by atoms with Crippen LogP contribution >= 0.6 is 15.9 Å². The average molecular weight is 363 g/mol. The summed E-state index contributed by atoms with van der Waals surface area (Å²) >= 11 is 2.95. The van der Waals surface area contributed by atoms with Crippen molar-refractivity contribution in [1.82, 2.24) is 5.43 Å². The molecule has 0 radical (unpaired) electrons. The molecule has 2 aromatic rings. The van der Waals surface area contributed by atoms with Crippen LogP contribution in [0.3, 0.4) is 0 Å². The highest BCUT2D eigenvalue weighted by Crippen LogP contribution is 2.30. The van der Waals surface area contributed by atoms with Gasteiger partial charge in [-0.1, -0.05) is 12.1 Å². The lowest BCUT2D eigenvalue weighted by Crippen LogP contribution is -2.30. The van der Waals surface area contributed by atoms with Crippen LogP contribution in [0.25, 0.3) is 0 Å². The molecule has 7 heteroatoms. The molecule has 0 fully saturated rings. The van der Waals surface area contributed by atoms with E-state index in [1.54, 1.807) is 0 Å². The van der Waals surface area contributed by atoms with Gasteiger partial charge in [0.15, 0.2) is 11.6 Å². The van der Waals surface area contributed by atoms with Gasteiger partial charge in [-0.15, -0.1) is 0 Å². The number of rotatable bonds is 4. The van der Waals surface area contributed by atoms with E-state index < -0.39 is 29.3 Å². The summed E-state index contributed by atoms with van der Waals surface area (Å²) in [6.45, 7) is 0. The van der Waals surface area contributed by atoms with E-state index in [9.17, 15) is 17.6 Å². The van der Waals surface area contributed by atoms with Crippen molar-refractivity contribution in [3.63, 3.8) is 0 Å². The third kappa shape index (κ3) is 3.42. The summed E-state index contributed by atoms with van der Waals surface area (Å²) in [5.74, 6) is 1.93. The first-order chi connectivity index (χ1) is 9.93. The minimum Gasteiger partial charge on any atom is -0.271 e. The molecule has 0 heterocycles. The van der Waals surface area contributed by atoms with Crippen molar-refractivity contribution in [3.05, 3.63) is 69.2 Å². The lowest BCUT2D eigenvalue weighted by atomic mass is 9.99. The molecule has 0 amide bonds. The van der Waals surface area contributed by atoms with Gasteiger partial charge in [-0.2, -0.15) is 0 Å². The molecule has 3 N–H and O–H groups in total. The summed E-state index contributed by atoms with van der Waals surface area (Å²) in [6, 6.07) is 4.78. The zero-order valence-corrected chi connectivity index (χ0v) is 12.2. The van der Waals surface area contributed by atoms with E-state index >= 15 is 0 Å². The molecule has 1 atom stereocenters. The quantitative estimate of drug-likeness (QED) is 0.376. The van der Waals surface area contributed by atoms with Crippen LogP contribution in [-0.2, 0) is 6.42 Å². The summed E-state index contributed by atoms with van der Waals surface area (Å²) < 4.78 is 53.1. The predicted octanol–water partition coefficient (Wildman–Crippen LogP) is 3.75. The maximum absolute atomic E-state index is 13.7. The molecule has 1 unspecified atom stereocenters. The van der Waals surface area contributed by atoms with Gasteiger partial charge in [0.2, 0.25) is 0 Å². The van der Waals surface area contributed by atoms with Gasteiger partial charge in [-0.3, -0.25) is 11.3 Å². The molecule has 21 heavy (non-hydrogen) atoms. The van der Waals surface area contributed by atoms with E-state index in [4.69, 9.17) is 5.84 Å². The molecule has 0 bridgehead atoms. The Hall–Kier alpha value is -1.44. The van der Waals surface area contributed by atoms with E-state index in [2.05, 4.69) is 21.4 Å². The number of hydrazine groups is 1. The minimum atomic E-state index is -1.05. The topological polar surface area (TPSA) is 38.0 Å². The zero-order chi connectivity index (χ0) is 15.6. The molecule has 112 valence electrons. The Kier molecular flexibility index (Phi) is 4.97. The third-order valence-electron chi connectivity index (χ3n) is 3.08. The maximum atomic E-state index is 13.7. The predicted molar refractivity (Wildman–Crippen MR) is 74.2 cm³/mol. The Morgan fingerprint density at radius 3 is 2.38 bits per heavy atom. The monoisotopic (exact) mass is 362 g/mol. The Balaban J connectivity index is 2.34. The van der Waals surface area contributed by atoms with Gasteiger partial charge >= 0.3 is 0 Å². The van der Waals surface area contributed by atoms with Crippen LogP contribution in [0.1, 0.15) is 17.2 Å². The Labute approximate surface area is 127 Å². The largest absolute Gasteiger partial charge is 0.271 e. The molecule has 2 rings (SSSR count). The van der Waals surface area contributed by atoms with Gasteiger partial charge in [0.1, 0.15) is 11.6 Å². The van der Waals surface area contributed by atoms with Gasteiger partial charge < -0.3 is 0 Å². The van der Waals surface area contributed by atoms with Crippen LogP contribution in [0.15, 0.2) is 34.8 Å². The van der Waals surface area contributed by atoms with Crippen molar-refractivity contribution in [1.29, 1.82) is 0 Å². The fourth-order valence-electron chi connectivity index (χ4n) is 1.98. The van der Waals surface area contributed by atoms with Crippen LogP contribution in [0.4, 0.5) is 17.6 Å². The van der Waals surface area contributed by atoms with E-state index in [0.29, 0.717) is 5.56 Å². The summed E-state index contributed by atoms with van der Waals surface area (Å²) in [5.41, 5.74) is 2.95. The SMILES string of the molecule is NNC(Cc1ccc(F)cc1F)c1ccc(F)c(F)c1Br. The highest BCUT2D eigenvalue weighted by atomic mass is 79.9. The normalized spacial score (nSPS) is 12.5.